The Morgan fingerprint density at radius 2 is 2.25 bits per heavy atom. The van der Waals surface area contributed by atoms with Crippen LogP contribution in [0.15, 0.2) is 22.8 Å². The Bertz CT molecular complexity index is 354. The molecule has 0 bridgehead atoms. The van der Waals surface area contributed by atoms with Crippen LogP contribution in [-0.2, 0) is 0 Å². The Kier molecular flexibility index (Phi) is 1.83. The van der Waals surface area contributed by atoms with E-state index in [4.69, 9.17) is 0 Å². The van der Waals surface area contributed by atoms with Crippen molar-refractivity contribution < 1.29 is 0 Å². The Balaban J connectivity index is 2.43. The smallest absolute Gasteiger partial charge is 0.0773 e. The summed E-state index contributed by atoms with van der Waals surface area (Å²) < 4.78 is 0.915. The van der Waals surface area contributed by atoms with Crippen LogP contribution in [0, 0.1) is 0 Å². The van der Waals surface area contributed by atoms with Crippen LogP contribution in [0.2, 0.25) is 0 Å². The first-order chi connectivity index (χ1) is 5.86. The maximum atomic E-state index is 4.07. The zero-order chi connectivity index (χ0) is 8.39. The van der Waals surface area contributed by atoms with E-state index in [9.17, 15) is 0 Å². The zero-order valence-electron chi connectivity index (χ0n) is 5.85. The highest BCUT2D eigenvalue weighted by Gasteiger charge is 1.94. The summed E-state index contributed by atoms with van der Waals surface area (Å²) in [6.07, 6.45) is 1.67. The largest absolute Gasteiger partial charge is 0.329 e. The molecule has 0 aliphatic carbocycles. The summed E-state index contributed by atoms with van der Waals surface area (Å²) >= 11 is 3.27. The molecule has 2 heterocycles. The van der Waals surface area contributed by atoms with Crippen molar-refractivity contribution >= 4 is 15.9 Å². The number of hydrogen-bond acceptors (Lipinski definition) is 4. The topological polar surface area (TPSA) is 65.7 Å². The standard InChI is InChI=1S/C6H3BrN5/c7-4-1-2-5(8-3-4)6-9-11-12-10-6/h1-3H/q-1. The number of pyridine rings is 1. The van der Waals surface area contributed by atoms with E-state index in [0.717, 1.165) is 4.47 Å². The van der Waals surface area contributed by atoms with Crippen LogP contribution in [0.1, 0.15) is 0 Å². The number of aromatic nitrogens is 5. The van der Waals surface area contributed by atoms with Crippen molar-refractivity contribution in [2.24, 2.45) is 0 Å². The number of nitrogens with zero attached hydrogens (tertiary/aromatic N) is 5. The average molecular weight is 225 g/mol. The minimum Gasteiger partial charge on any atom is -0.329 e. The van der Waals surface area contributed by atoms with E-state index >= 15 is 0 Å². The first-order valence-electron chi connectivity index (χ1n) is 3.17. The lowest BCUT2D eigenvalue weighted by molar-refractivity contribution is 0.871. The first kappa shape index (κ1) is 7.35. The van der Waals surface area contributed by atoms with E-state index in [1.165, 1.54) is 0 Å². The van der Waals surface area contributed by atoms with E-state index < -0.39 is 0 Å². The third-order valence-electron chi connectivity index (χ3n) is 1.28. The van der Waals surface area contributed by atoms with Crippen LogP contribution in [0.25, 0.3) is 11.5 Å². The Morgan fingerprint density at radius 1 is 1.33 bits per heavy atom. The SMILES string of the molecule is Brc1ccc(-c2nnn[n-]2)nc1. The summed E-state index contributed by atoms with van der Waals surface area (Å²) in [5.74, 6) is 0.447. The van der Waals surface area contributed by atoms with Crippen LogP contribution < -0.4 is 5.10 Å². The molecule has 6 heteroatoms. The molecule has 0 aromatic carbocycles. The summed E-state index contributed by atoms with van der Waals surface area (Å²) in [6, 6.07) is 3.65. The number of rotatable bonds is 1. The Labute approximate surface area is 76.3 Å². The number of hydrogen-bond donors (Lipinski definition) is 0. The molecule has 0 N–H and O–H groups in total. The van der Waals surface area contributed by atoms with Crippen LogP contribution in [-0.4, -0.2) is 20.5 Å². The van der Waals surface area contributed by atoms with Gasteiger partial charge in [-0.3, -0.25) is 15.3 Å². The fourth-order valence-electron chi connectivity index (χ4n) is 0.755. The molecule has 0 fully saturated rings. The maximum Gasteiger partial charge on any atom is 0.0773 e. The lowest BCUT2D eigenvalue weighted by Gasteiger charge is -1.97. The minimum atomic E-state index is 0.447. The van der Waals surface area contributed by atoms with E-state index in [-0.39, 0.29) is 0 Å². The van der Waals surface area contributed by atoms with Gasteiger partial charge in [0.2, 0.25) is 0 Å². The predicted molar refractivity (Wildman–Crippen MR) is 44.1 cm³/mol. The molecule has 0 aliphatic heterocycles. The molecule has 60 valence electrons. The second-order valence-corrected chi connectivity index (χ2v) is 2.98. The van der Waals surface area contributed by atoms with Crippen molar-refractivity contribution in [1.29, 1.82) is 0 Å². The van der Waals surface area contributed by atoms with E-state index in [0.29, 0.717) is 11.5 Å². The summed E-state index contributed by atoms with van der Waals surface area (Å²) in [6.45, 7) is 0. The molecule has 0 radical (unpaired) electrons. The molecule has 2 rings (SSSR count). The number of halogens is 1. The summed E-state index contributed by atoms with van der Waals surface area (Å²) in [5, 5.41) is 14.0. The lowest BCUT2D eigenvalue weighted by Crippen LogP contribution is -1.86. The molecule has 0 unspecified atom stereocenters. The van der Waals surface area contributed by atoms with Crippen LogP contribution in [0.4, 0.5) is 0 Å². The normalized spacial score (nSPS) is 10.1. The molecular formula is C6H3BrN5-. The Hall–Kier alpha value is -1.30. The van der Waals surface area contributed by atoms with E-state index in [2.05, 4.69) is 41.5 Å². The maximum absolute atomic E-state index is 4.07. The van der Waals surface area contributed by atoms with Gasteiger partial charge < -0.3 is 5.10 Å². The van der Waals surface area contributed by atoms with Gasteiger partial charge in [0.05, 0.1) is 11.5 Å². The summed E-state index contributed by atoms with van der Waals surface area (Å²) in [7, 11) is 0. The third-order valence-corrected chi connectivity index (χ3v) is 1.74. The van der Waals surface area contributed by atoms with E-state index in [1.807, 2.05) is 6.07 Å². The zero-order valence-corrected chi connectivity index (χ0v) is 7.43. The van der Waals surface area contributed by atoms with Crippen molar-refractivity contribution in [1.82, 2.24) is 25.6 Å². The molecule has 0 saturated heterocycles. The van der Waals surface area contributed by atoms with Gasteiger partial charge in [0.1, 0.15) is 0 Å². The minimum absolute atomic E-state index is 0.447. The van der Waals surface area contributed by atoms with Gasteiger partial charge in [-0.15, -0.1) is 0 Å². The second-order valence-electron chi connectivity index (χ2n) is 2.06. The molecule has 2 aromatic rings. The highest BCUT2D eigenvalue weighted by Crippen LogP contribution is 2.12. The van der Waals surface area contributed by atoms with E-state index in [1.54, 1.807) is 12.3 Å². The molecule has 0 aliphatic rings. The van der Waals surface area contributed by atoms with Gasteiger partial charge in [-0.2, -0.15) is 5.21 Å². The molecule has 0 spiro atoms. The lowest BCUT2D eigenvalue weighted by atomic mass is 10.3. The van der Waals surface area contributed by atoms with Gasteiger partial charge in [-0.25, -0.2) is 0 Å². The van der Waals surface area contributed by atoms with Crippen molar-refractivity contribution in [2.75, 3.05) is 0 Å². The average Bonchev–Trinajstić information content (AvgIpc) is 2.58. The molecule has 2 aromatic heterocycles. The van der Waals surface area contributed by atoms with Gasteiger partial charge in [0.25, 0.3) is 0 Å². The highest BCUT2D eigenvalue weighted by atomic mass is 79.9. The summed E-state index contributed by atoms with van der Waals surface area (Å²) in [4.78, 5) is 4.07. The summed E-state index contributed by atoms with van der Waals surface area (Å²) in [5.41, 5.74) is 0.670. The highest BCUT2D eigenvalue weighted by molar-refractivity contribution is 9.10. The molecule has 12 heavy (non-hydrogen) atoms. The fourth-order valence-corrected chi connectivity index (χ4v) is 0.990. The number of tetrazole rings is 1. The van der Waals surface area contributed by atoms with Gasteiger partial charge in [-0.1, -0.05) is 0 Å². The monoisotopic (exact) mass is 224 g/mol. The molecule has 0 amide bonds. The van der Waals surface area contributed by atoms with Crippen LogP contribution in [0.3, 0.4) is 0 Å². The second kappa shape index (κ2) is 2.98. The Morgan fingerprint density at radius 3 is 2.83 bits per heavy atom. The first-order valence-corrected chi connectivity index (χ1v) is 3.96. The van der Waals surface area contributed by atoms with Crippen molar-refractivity contribution in [2.45, 2.75) is 0 Å². The van der Waals surface area contributed by atoms with Crippen LogP contribution in [0.5, 0.6) is 0 Å². The molecule has 0 saturated carbocycles. The van der Waals surface area contributed by atoms with Gasteiger partial charge in [0, 0.05) is 10.7 Å². The predicted octanol–water partition coefficient (Wildman–Crippen LogP) is 0.653. The van der Waals surface area contributed by atoms with Crippen molar-refractivity contribution in [3.8, 4) is 11.5 Å². The molecule has 5 nitrogen and oxygen atoms in total. The van der Waals surface area contributed by atoms with Gasteiger partial charge >= 0.3 is 0 Å². The van der Waals surface area contributed by atoms with Gasteiger partial charge in [-0.05, 0) is 28.1 Å². The van der Waals surface area contributed by atoms with Crippen molar-refractivity contribution in [3.05, 3.63) is 22.8 Å². The molecular weight excluding hydrogens is 222 g/mol. The third kappa shape index (κ3) is 1.33. The van der Waals surface area contributed by atoms with Crippen molar-refractivity contribution in [3.63, 3.8) is 0 Å². The van der Waals surface area contributed by atoms with Crippen LogP contribution >= 0.6 is 15.9 Å². The molecule has 0 atom stereocenters. The van der Waals surface area contributed by atoms with Gasteiger partial charge in [0.15, 0.2) is 0 Å². The fraction of sp³-hybridized carbons (Fsp3) is 0. The quantitative estimate of drug-likeness (QED) is 0.712.